The topological polar surface area (TPSA) is 16.6 Å². The van der Waals surface area contributed by atoms with E-state index in [2.05, 4.69) is 46.1 Å². The van der Waals surface area contributed by atoms with Gasteiger partial charge in [-0.3, -0.25) is 0 Å². The summed E-state index contributed by atoms with van der Waals surface area (Å²) in [7, 11) is 4.20. The summed E-state index contributed by atoms with van der Waals surface area (Å²) >= 11 is 0. The number of fused-ring (bicyclic) bond motifs is 1. The van der Waals surface area contributed by atoms with Crippen LogP contribution in [0, 0.1) is 24.3 Å². The summed E-state index contributed by atoms with van der Waals surface area (Å²) in [5, 5.41) is 2.28. The molecule has 0 aromatic carbocycles. The van der Waals surface area contributed by atoms with Crippen LogP contribution in [0.25, 0.3) is 0 Å². The molecule has 2 aliphatic rings. The number of nitrogens with two attached hydrogens (primary N) is 1. The fraction of sp³-hybridized carbons (Fsp3) is 0.812. The minimum absolute atomic E-state index is 0.267. The summed E-state index contributed by atoms with van der Waals surface area (Å²) in [4.78, 5) is 0. The van der Waals surface area contributed by atoms with E-state index in [1.54, 1.807) is 5.57 Å². The standard InChI is InChI=1S/C16H29N/c1-12(2)14-8-10-15(4)9-6-7-13(3)16(15,11-14)17-5/h11-13H,5-10,17H2,1-4H3/t13-,15-,16-/m1/s1. The average Bonchev–Trinajstić information content (AvgIpc) is 2.28. The Kier molecular flexibility index (Phi) is 3.42. The van der Waals surface area contributed by atoms with Crippen LogP contribution in [0.4, 0.5) is 0 Å². The molecule has 1 fully saturated rings. The Bertz CT molecular complexity index is 317. The molecule has 0 unspecified atom stereocenters. The lowest BCUT2D eigenvalue weighted by Crippen LogP contribution is -2.97. The molecule has 0 aromatic heterocycles. The number of hydrogen-bond donors (Lipinski definition) is 1. The lowest BCUT2D eigenvalue weighted by molar-refractivity contribution is -0.692. The van der Waals surface area contributed by atoms with E-state index in [4.69, 9.17) is 0 Å². The fourth-order valence-electron chi connectivity index (χ4n) is 4.27. The van der Waals surface area contributed by atoms with Crippen molar-refractivity contribution in [2.45, 2.75) is 65.3 Å². The number of rotatable bonds is 2. The van der Waals surface area contributed by atoms with Gasteiger partial charge in [-0.1, -0.05) is 39.7 Å². The Labute approximate surface area is 107 Å². The van der Waals surface area contributed by atoms with Crippen LogP contribution >= 0.6 is 0 Å². The van der Waals surface area contributed by atoms with Crippen molar-refractivity contribution in [2.75, 3.05) is 0 Å². The van der Waals surface area contributed by atoms with Crippen LogP contribution in [0.15, 0.2) is 11.6 Å². The lowest BCUT2D eigenvalue weighted by Gasteiger charge is -2.56. The molecule has 2 N–H and O–H groups in total. The molecule has 98 valence electrons. The molecule has 1 heteroatoms. The molecule has 0 saturated heterocycles. The number of quaternary nitrogens is 1. The van der Waals surface area contributed by atoms with Crippen molar-refractivity contribution in [1.29, 1.82) is 0 Å². The minimum atomic E-state index is 0.267. The summed E-state index contributed by atoms with van der Waals surface area (Å²) in [6, 6.07) is 0. The van der Waals surface area contributed by atoms with Gasteiger partial charge in [0.05, 0.1) is 5.54 Å². The Morgan fingerprint density at radius 3 is 2.71 bits per heavy atom. The maximum atomic E-state index is 4.20. The van der Waals surface area contributed by atoms with Crippen LogP contribution in [-0.2, 0) is 0 Å². The molecule has 1 nitrogen and oxygen atoms in total. The van der Waals surface area contributed by atoms with Gasteiger partial charge in [0.15, 0.2) is 0 Å². The van der Waals surface area contributed by atoms with Crippen molar-refractivity contribution < 1.29 is 5.32 Å². The molecule has 3 atom stereocenters. The van der Waals surface area contributed by atoms with E-state index in [9.17, 15) is 0 Å². The van der Waals surface area contributed by atoms with Crippen molar-refractivity contribution in [3.05, 3.63) is 18.7 Å². The summed E-state index contributed by atoms with van der Waals surface area (Å²) in [5.41, 5.74) is 2.39. The summed E-state index contributed by atoms with van der Waals surface area (Å²) in [6.07, 6.45) is 9.41. The minimum Gasteiger partial charge on any atom is -0.470 e. The molecule has 1 saturated carbocycles. The first-order valence-corrected chi connectivity index (χ1v) is 7.30. The Morgan fingerprint density at radius 2 is 2.12 bits per heavy atom. The molecular weight excluding hydrogens is 206 g/mol. The first-order chi connectivity index (χ1) is 7.95. The van der Waals surface area contributed by atoms with Crippen LogP contribution in [0.3, 0.4) is 0 Å². The zero-order valence-electron chi connectivity index (χ0n) is 12.1. The molecule has 0 aliphatic heterocycles. The number of hydrogen-bond acceptors (Lipinski definition) is 0. The number of allylic oxidation sites excluding steroid dienone is 1. The second kappa shape index (κ2) is 4.42. The highest BCUT2D eigenvalue weighted by molar-refractivity contribution is 5.24. The van der Waals surface area contributed by atoms with Crippen molar-refractivity contribution in [3.8, 4) is 0 Å². The SMILES string of the molecule is [CH2-][NH2+][C@@]12C=C(C(C)C)CC[C@@]1(C)CCC[C@H]2C. The van der Waals surface area contributed by atoms with Gasteiger partial charge in [0.1, 0.15) is 0 Å². The van der Waals surface area contributed by atoms with Crippen LogP contribution in [0.2, 0.25) is 0 Å². The van der Waals surface area contributed by atoms with Crippen LogP contribution < -0.4 is 5.32 Å². The van der Waals surface area contributed by atoms with Crippen LogP contribution in [-0.4, -0.2) is 5.54 Å². The molecule has 0 radical (unpaired) electrons. The molecule has 17 heavy (non-hydrogen) atoms. The third-order valence-corrected chi connectivity index (χ3v) is 5.70. The zero-order valence-corrected chi connectivity index (χ0v) is 12.1. The predicted molar refractivity (Wildman–Crippen MR) is 73.3 cm³/mol. The molecule has 0 spiro atoms. The Hall–Kier alpha value is -0.300. The normalized spacial score (nSPS) is 42.2. The second-order valence-corrected chi connectivity index (χ2v) is 6.87. The quantitative estimate of drug-likeness (QED) is 0.559. The first kappa shape index (κ1) is 13.1. The largest absolute Gasteiger partial charge is 0.470 e. The van der Waals surface area contributed by atoms with Gasteiger partial charge >= 0.3 is 0 Å². The highest BCUT2D eigenvalue weighted by atomic mass is 15.0. The highest BCUT2D eigenvalue weighted by Gasteiger charge is 2.54. The lowest BCUT2D eigenvalue weighted by atomic mass is 9.53. The van der Waals surface area contributed by atoms with Crippen LogP contribution in [0.1, 0.15) is 59.8 Å². The third kappa shape index (κ3) is 1.87. The van der Waals surface area contributed by atoms with Gasteiger partial charge in [-0.25, -0.2) is 0 Å². The second-order valence-electron chi connectivity index (χ2n) is 6.87. The molecular formula is C16H29N. The van der Waals surface area contributed by atoms with E-state index in [1.807, 2.05) is 0 Å². The van der Waals surface area contributed by atoms with Crippen molar-refractivity contribution in [2.24, 2.45) is 17.3 Å². The first-order valence-electron chi connectivity index (χ1n) is 7.30. The van der Waals surface area contributed by atoms with E-state index >= 15 is 0 Å². The zero-order chi connectivity index (χ0) is 12.7. The van der Waals surface area contributed by atoms with E-state index < -0.39 is 0 Å². The van der Waals surface area contributed by atoms with Gasteiger partial charge in [0.2, 0.25) is 0 Å². The average molecular weight is 235 g/mol. The molecule has 0 heterocycles. The van der Waals surface area contributed by atoms with Crippen molar-refractivity contribution in [3.63, 3.8) is 0 Å². The summed E-state index contributed by atoms with van der Waals surface area (Å²) < 4.78 is 0. The highest BCUT2D eigenvalue weighted by Crippen LogP contribution is 2.52. The molecule has 0 bridgehead atoms. The fourth-order valence-corrected chi connectivity index (χ4v) is 4.27. The smallest absolute Gasteiger partial charge is 0.0991 e. The summed E-state index contributed by atoms with van der Waals surface area (Å²) in [6.45, 7) is 9.59. The van der Waals surface area contributed by atoms with E-state index in [1.165, 1.54) is 32.1 Å². The monoisotopic (exact) mass is 235 g/mol. The molecule has 2 aliphatic carbocycles. The van der Waals surface area contributed by atoms with Gasteiger partial charge in [-0.2, -0.15) is 7.05 Å². The van der Waals surface area contributed by atoms with Gasteiger partial charge < -0.3 is 5.32 Å². The van der Waals surface area contributed by atoms with E-state index in [-0.39, 0.29) is 5.54 Å². The third-order valence-electron chi connectivity index (χ3n) is 5.70. The summed E-state index contributed by atoms with van der Waals surface area (Å²) in [5.74, 6) is 1.46. The van der Waals surface area contributed by atoms with Crippen LogP contribution in [0.5, 0.6) is 0 Å². The maximum Gasteiger partial charge on any atom is 0.0991 e. The van der Waals surface area contributed by atoms with E-state index in [0.29, 0.717) is 11.3 Å². The molecule has 0 aromatic rings. The van der Waals surface area contributed by atoms with Gasteiger partial charge in [-0.05, 0) is 37.7 Å². The van der Waals surface area contributed by atoms with Gasteiger partial charge in [-0.15, -0.1) is 0 Å². The molecule has 0 amide bonds. The predicted octanol–water partition coefficient (Wildman–Crippen LogP) is 3.28. The maximum absolute atomic E-state index is 4.20. The Balaban J connectivity index is 2.44. The van der Waals surface area contributed by atoms with Crippen molar-refractivity contribution in [1.82, 2.24) is 0 Å². The van der Waals surface area contributed by atoms with Gasteiger partial charge in [0.25, 0.3) is 0 Å². The van der Waals surface area contributed by atoms with Crippen molar-refractivity contribution >= 4 is 0 Å². The van der Waals surface area contributed by atoms with E-state index in [0.717, 1.165) is 5.92 Å². The van der Waals surface area contributed by atoms with Gasteiger partial charge in [0, 0.05) is 11.3 Å². The molecule has 2 rings (SSSR count). The Morgan fingerprint density at radius 1 is 1.41 bits per heavy atom.